The summed E-state index contributed by atoms with van der Waals surface area (Å²) in [6, 6.07) is 3.74. The molecule has 0 aromatic heterocycles. The first-order valence-corrected chi connectivity index (χ1v) is 8.44. The molecule has 4 nitrogen and oxygen atoms in total. The van der Waals surface area contributed by atoms with Crippen LogP contribution in [0, 0.1) is 17.2 Å². The van der Waals surface area contributed by atoms with Gasteiger partial charge in [0.15, 0.2) is 0 Å². The Morgan fingerprint density at radius 2 is 2.00 bits per heavy atom. The Morgan fingerprint density at radius 3 is 2.48 bits per heavy atom. The molecule has 0 spiro atoms. The third kappa shape index (κ3) is 4.46. The summed E-state index contributed by atoms with van der Waals surface area (Å²) >= 11 is 4.75. The molecule has 1 unspecified atom stereocenters. The van der Waals surface area contributed by atoms with Crippen LogP contribution in [0.3, 0.4) is 0 Å². The van der Waals surface area contributed by atoms with E-state index in [2.05, 4.69) is 4.72 Å². The standard InChI is InChI=1S/C14H21FN2O2S2/c1-9(14(2,3)4)8-17-21(18,19)11-7-5-6-10(15)12(11)13(16)20/h5-7,9,17H,8H2,1-4H3,(H2,16,20). The Morgan fingerprint density at radius 1 is 1.43 bits per heavy atom. The smallest absolute Gasteiger partial charge is 0.241 e. The second-order valence-electron chi connectivity index (χ2n) is 6.10. The van der Waals surface area contributed by atoms with Crippen molar-refractivity contribution in [2.75, 3.05) is 6.54 Å². The van der Waals surface area contributed by atoms with E-state index in [0.29, 0.717) is 0 Å². The van der Waals surface area contributed by atoms with E-state index in [1.54, 1.807) is 0 Å². The number of hydrogen-bond donors (Lipinski definition) is 2. The average Bonchev–Trinajstić information content (AvgIpc) is 2.34. The first-order valence-electron chi connectivity index (χ1n) is 6.55. The highest BCUT2D eigenvalue weighted by Gasteiger charge is 2.26. The molecule has 1 atom stereocenters. The molecule has 0 saturated carbocycles. The van der Waals surface area contributed by atoms with Crippen LogP contribution in [0.4, 0.5) is 4.39 Å². The van der Waals surface area contributed by atoms with Crippen molar-refractivity contribution < 1.29 is 12.8 Å². The summed E-state index contributed by atoms with van der Waals surface area (Å²) in [7, 11) is -3.87. The quantitative estimate of drug-likeness (QED) is 0.812. The van der Waals surface area contributed by atoms with Crippen LogP contribution in [0.1, 0.15) is 33.3 Å². The Bertz CT molecular complexity index is 637. The zero-order valence-electron chi connectivity index (χ0n) is 12.6. The second kappa shape index (κ2) is 6.37. The van der Waals surface area contributed by atoms with E-state index in [9.17, 15) is 12.8 Å². The van der Waals surface area contributed by atoms with E-state index in [-0.39, 0.29) is 33.3 Å². The van der Waals surface area contributed by atoms with Crippen molar-refractivity contribution in [2.45, 2.75) is 32.6 Å². The lowest BCUT2D eigenvalue weighted by Crippen LogP contribution is -2.34. The molecule has 0 aliphatic carbocycles. The molecule has 0 heterocycles. The lowest BCUT2D eigenvalue weighted by Gasteiger charge is -2.27. The van der Waals surface area contributed by atoms with E-state index in [1.165, 1.54) is 12.1 Å². The third-order valence-electron chi connectivity index (χ3n) is 3.57. The van der Waals surface area contributed by atoms with Gasteiger partial charge < -0.3 is 5.73 Å². The molecule has 3 N–H and O–H groups in total. The number of nitrogens with two attached hydrogens (primary N) is 1. The fourth-order valence-electron chi connectivity index (χ4n) is 1.59. The van der Waals surface area contributed by atoms with Crippen LogP contribution in [0.2, 0.25) is 0 Å². The molecule has 1 aromatic rings. The minimum Gasteiger partial charge on any atom is -0.389 e. The maximum absolute atomic E-state index is 13.8. The lowest BCUT2D eigenvalue weighted by atomic mass is 9.82. The highest BCUT2D eigenvalue weighted by Crippen LogP contribution is 2.25. The van der Waals surface area contributed by atoms with E-state index in [4.69, 9.17) is 18.0 Å². The Kier molecular flexibility index (Phi) is 5.46. The maximum Gasteiger partial charge on any atom is 0.241 e. The van der Waals surface area contributed by atoms with Gasteiger partial charge in [0.1, 0.15) is 10.8 Å². The van der Waals surface area contributed by atoms with Crippen molar-refractivity contribution in [1.29, 1.82) is 0 Å². The molecule has 0 aliphatic heterocycles. The molecule has 1 aromatic carbocycles. The zero-order valence-corrected chi connectivity index (χ0v) is 14.2. The molecule has 118 valence electrons. The number of hydrogen-bond acceptors (Lipinski definition) is 3. The SMILES string of the molecule is CC(CNS(=O)(=O)c1cccc(F)c1C(N)=S)C(C)(C)C. The number of benzene rings is 1. The molecular weight excluding hydrogens is 311 g/mol. The molecular formula is C14H21FN2O2S2. The normalized spacial score (nSPS) is 14.0. The predicted molar refractivity (Wildman–Crippen MR) is 86.1 cm³/mol. The summed E-state index contributed by atoms with van der Waals surface area (Å²) in [5.74, 6) is -0.636. The number of sulfonamides is 1. The van der Waals surface area contributed by atoms with Gasteiger partial charge in [-0.3, -0.25) is 0 Å². The van der Waals surface area contributed by atoms with Crippen LogP contribution in [0.15, 0.2) is 23.1 Å². The van der Waals surface area contributed by atoms with Gasteiger partial charge in [-0.05, 0) is 23.5 Å². The van der Waals surface area contributed by atoms with Gasteiger partial charge in [-0.1, -0.05) is 46.0 Å². The second-order valence-corrected chi connectivity index (χ2v) is 8.27. The fourth-order valence-corrected chi connectivity index (χ4v) is 3.22. The predicted octanol–water partition coefficient (Wildman–Crippen LogP) is 2.42. The van der Waals surface area contributed by atoms with Crippen LogP contribution in [0.25, 0.3) is 0 Å². The molecule has 21 heavy (non-hydrogen) atoms. The van der Waals surface area contributed by atoms with E-state index < -0.39 is 15.8 Å². The van der Waals surface area contributed by atoms with Gasteiger partial charge in [0, 0.05) is 6.54 Å². The van der Waals surface area contributed by atoms with Crippen LogP contribution in [0.5, 0.6) is 0 Å². The Balaban J connectivity index is 3.10. The zero-order chi connectivity index (χ0) is 16.4. The van der Waals surface area contributed by atoms with Crippen molar-refractivity contribution in [3.05, 3.63) is 29.6 Å². The van der Waals surface area contributed by atoms with Crippen molar-refractivity contribution in [2.24, 2.45) is 17.1 Å². The number of rotatable bonds is 5. The number of thiocarbonyl (C=S) groups is 1. The van der Waals surface area contributed by atoms with Crippen LogP contribution < -0.4 is 10.5 Å². The van der Waals surface area contributed by atoms with Gasteiger partial charge in [-0.2, -0.15) is 0 Å². The molecule has 0 radical (unpaired) electrons. The van der Waals surface area contributed by atoms with E-state index in [1.807, 2.05) is 27.7 Å². The van der Waals surface area contributed by atoms with Crippen molar-refractivity contribution >= 4 is 27.2 Å². The molecule has 1 rings (SSSR count). The largest absolute Gasteiger partial charge is 0.389 e. The van der Waals surface area contributed by atoms with Crippen molar-refractivity contribution in [1.82, 2.24) is 4.72 Å². The Hall–Kier alpha value is -1.05. The van der Waals surface area contributed by atoms with Gasteiger partial charge in [-0.15, -0.1) is 0 Å². The van der Waals surface area contributed by atoms with Gasteiger partial charge in [0.2, 0.25) is 10.0 Å². The van der Waals surface area contributed by atoms with Crippen molar-refractivity contribution in [3.8, 4) is 0 Å². The summed E-state index contributed by atoms with van der Waals surface area (Å²) in [6.45, 7) is 8.26. The van der Waals surface area contributed by atoms with E-state index in [0.717, 1.165) is 6.07 Å². The van der Waals surface area contributed by atoms with Crippen LogP contribution in [-0.4, -0.2) is 20.0 Å². The van der Waals surface area contributed by atoms with Crippen molar-refractivity contribution in [3.63, 3.8) is 0 Å². The fraction of sp³-hybridized carbons (Fsp3) is 0.500. The van der Waals surface area contributed by atoms with Gasteiger partial charge in [0.25, 0.3) is 0 Å². The number of nitrogens with one attached hydrogen (secondary N) is 1. The first-order chi connectivity index (χ1) is 9.47. The highest BCUT2D eigenvalue weighted by molar-refractivity contribution is 7.89. The molecule has 7 heteroatoms. The van der Waals surface area contributed by atoms with E-state index >= 15 is 0 Å². The monoisotopic (exact) mass is 332 g/mol. The summed E-state index contributed by atoms with van der Waals surface area (Å²) in [5.41, 5.74) is 5.14. The number of halogens is 1. The molecule has 0 amide bonds. The molecule has 0 saturated heterocycles. The summed E-state index contributed by atoms with van der Waals surface area (Å²) in [6.07, 6.45) is 0. The third-order valence-corrected chi connectivity index (χ3v) is 5.24. The van der Waals surface area contributed by atoms with Crippen LogP contribution >= 0.6 is 12.2 Å². The lowest BCUT2D eigenvalue weighted by molar-refractivity contribution is 0.263. The molecule has 0 fully saturated rings. The summed E-state index contributed by atoms with van der Waals surface area (Å²) < 4.78 is 41.0. The first kappa shape index (κ1) is 18.0. The van der Waals surface area contributed by atoms with Gasteiger partial charge >= 0.3 is 0 Å². The summed E-state index contributed by atoms with van der Waals surface area (Å²) in [4.78, 5) is -0.506. The van der Waals surface area contributed by atoms with Crippen LogP contribution in [-0.2, 0) is 10.0 Å². The molecule has 0 bridgehead atoms. The molecule has 0 aliphatic rings. The topological polar surface area (TPSA) is 72.2 Å². The summed E-state index contributed by atoms with van der Waals surface area (Å²) in [5, 5.41) is 0. The average molecular weight is 332 g/mol. The van der Waals surface area contributed by atoms with Gasteiger partial charge in [0.05, 0.1) is 10.5 Å². The highest BCUT2D eigenvalue weighted by atomic mass is 32.2. The van der Waals surface area contributed by atoms with Gasteiger partial charge in [-0.25, -0.2) is 17.5 Å². The minimum absolute atomic E-state index is 0.0452. The Labute approximate surface area is 131 Å². The minimum atomic E-state index is -3.87. The maximum atomic E-state index is 13.8.